The van der Waals surface area contributed by atoms with Gasteiger partial charge in [-0.3, -0.25) is 0 Å². The van der Waals surface area contributed by atoms with Crippen LogP contribution in [-0.4, -0.2) is 36.7 Å². The highest BCUT2D eigenvalue weighted by Crippen LogP contribution is 2.22. The molecule has 3 aromatic rings. The normalized spacial score (nSPS) is 9.88. The molecule has 1 aromatic carbocycles. The van der Waals surface area contributed by atoms with Crippen molar-refractivity contribution in [2.75, 3.05) is 0 Å². The Labute approximate surface area is 136 Å². The molecule has 0 aliphatic carbocycles. The average Bonchev–Trinajstić information content (AvgIpc) is 3.02. The fourth-order valence-electron chi connectivity index (χ4n) is 1.86. The zero-order valence-electron chi connectivity index (χ0n) is 12.5. The summed E-state index contributed by atoms with van der Waals surface area (Å²) in [6.45, 7) is 1.84. The van der Waals surface area contributed by atoms with Crippen LogP contribution in [0.1, 0.15) is 27.3 Å². The highest BCUT2D eigenvalue weighted by atomic mass is 16.5. The van der Waals surface area contributed by atoms with E-state index in [2.05, 4.69) is 37.4 Å². The topological polar surface area (TPSA) is 114 Å². The van der Waals surface area contributed by atoms with Gasteiger partial charge in [0.05, 0.1) is 11.9 Å². The Balaban J connectivity index is 1.82. The summed E-state index contributed by atoms with van der Waals surface area (Å²) in [7, 11) is 0. The summed E-state index contributed by atoms with van der Waals surface area (Å²) < 4.78 is 5.45. The Morgan fingerprint density at radius 1 is 1.21 bits per heavy atom. The van der Waals surface area contributed by atoms with Crippen molar-refractivity contribution >= 4 is 5.97 Å². The first-order chi connectivity index (χ1) is 11.6. The Bertz CT molecular complexity index is 955. The number of benzene rings is 1. The lowest BCUT2D eigenvalue weighted by molar-refractivity contribution is 0.0687. The Kier molecular flexibility index (Phi) is 4.16. The molecule has 24 heavy (non-hydrogen) atoms. The quantitative estimate of drug-likeness (QED) is 0.707. The van der Waals surface area contributed by atoms with E-state index < -0.39 is 5.97 Å². The third-order valence-corrected chi connectivity index (χ3v) is 2.91. The maximum Gasteiger partial charge on any atom is 0.359 e. The van der Waals surface area contributed by atoms with Gasteiger partial charge in [0.1, 0.15) is 5.75 Å². The van der Waals surface area contributed by atoms with Gasteiger partial charge >= 0.3 is 5.97 Å². The van der Waals surface area contributed by atoms with Crippen LogP contribution in [0.4, 0.5) is 0 Å². The highest BCUT2D eigenvalue weighted by Gasteiger charge is 2.16. The van der Waals surface area contributed by atoms with Gasteiger partial charge in [-0.1, -0.05) is 28.2 Å². The Hall–Kier alpha value is -3.73. The lowest BCUT2D eigenvalue weighted by atomic mass is 10.2. The highest BCUT2D eigenvalue weighted by molar-refractivity contribution is 5.87. The standard InChI is InChI=1S/C16H11N5O3/c1-10-7-12(9-17-18-10)6-5-11-3-2-4-13(8-11)24-15-14(16(22)23)19-21-20-15/h2-4,7-9H,1H3,(H,22,23)(H,19,20,21). The number of H-pyrrole nitrogens is 1. The van der Waals surface area contributed by atoms with Crippen LogP contribution in [0.2, 0.25) is 0 Å². The molecule has 0 bridgehead atoms. The van der Waals surface area contributed by atoms with Gasteiger partial charge in [0, 0.05) is 11.1 Å². The summed E-state index contributed by atoms with van der Waals surface area (Å²) in [5, 5.41) is 26.0. The third-order valence-electron chi connectivity index (χ3n) is 2.91. The van der Waals surface area contributed by atoms with Crippen LogP contribution >= 0.6 is 0 Å². The summed E-state index contributed by atoms with van der Waals surface area (Å²) in [5.41, 5.74) is 2.01. The molecule has 3 rings (SSSR count). The van der Waals surface area contributed by atoms with Crippen LogP contribution in [0.3, 0.4) is 0 Å². The first-order valence-electron chi connectivity index (χ1n) is 6.85. The minimum Gasteiger partial charge on any atom is -0.476 e. The van der Waals surface area contributed by atoms with Crippen LogP contribution in [0.5, 0.6) is 11.6 Å². The molecule has 2 heterocycles. The summed E-state index contributed by atoms with van der Waals surface area (Å²) in [4.78, 5) is 11.0. The van der Waals surface area contributed by atoms with E-state index in [-0.39, 0.29) is 11.6 Å². The summed E-state index contributed by atoms with van der Waals surface area (Å²) >= 11 is 0. The number of ether oxygens (including phenoxy) is 1. The maximum absolute atomic E-state index is 11.0. The van der Waals surface area contributed by atoms with Crippen molar-refractivity contribution < 1.29 is 14.6 Å². The number of hydrogen-bond donors (Lipinski definition) is 2. The molecule has 0 saturated heterocycles. The molecule has 118 valence electrons. The third kappa shape index (κ3) is 3.53. The largest absolute Gasteiger partial charge is 0.476 e. The lowest BCUT2D eigenvalue weighted by Crippen LogP contribution is -1.99. The second kappa shape index (κ2) is 6.58. The number of aromatic amines is 1. The van der Waals surface area contributed by atoms with Crippen molar-refractivity contribution in [2.24, 2.45) is 0 Å². The summed E-state index contributed by atoms with van der Waals surface area (Å²) in [6.07, 6.45) is 1.58. The molecule has 8 nitrogen and oxygen atoms in total. The van der Waals surface area contributed by atoms with Gasteiger partial charge < -0.3 is 9.84 Å². The number of carboxylic acids is 1. The van der Waals surface area contributed by atoms with Crippen LogP contribution in [-0.2, 0) is 0 Å². The smallest absolute Gasteiger partial charge is 0.359 e. The van der Waals surface area contributed by atoms with Crippen molar-refractivity contribution in [3.63, 3.8) is 0 Å². The lowest BCUT2D eigenvalue weighted by Gasteiger charge is -2.02. The number of aromatic carboxylic acids is 1. The number of carbonyl (C=O) groups is 1. The van der Waals surface area contributed by atoms with Gasteiger partial charge in [-0.25, -0.2) is 9.89 Å². The molecular formula is C16H11N5O3. The van der Waals surface area contributed by atoms with Gasteiger partial charge in [0.25, 0.3) is 5.88 Å². The first kappa shape index (κ1) is 15.2. The summed E-state index contributed by atoms with van der Waals surface area (Å²) in [6, 6.07) is 8.73. The van der Waals surface area contributed by atoms with E-state index in [1.807, 2.05) is 19.1 Å². The van der Waals surface area contributed by atoms with Gasteiger partial charge in [0.15, 0.2) is 0 Å². The van der Waals surface area contributed by atoms with E-state index in [9.17, 15) is 4.79 Å². The van der Waals surface area contributed by atoms with Gasteiger partial charge in [0.2, 0.25) is 5.69 Å². The Morgan fingerprint density at radius 3 is 2.83 bits per heavy atom. The zero-order valence-corrected chi connectivity index (χ0v) is 12.5. The fourth-order valence-corrected chi connectivity index (χ4v) is 1.86. The monoisotopic (exact) mass is 321 g/mol. The van der Waals surface area contributed by atoms with Crippen molar-refractivity contribution in [2.45, 2.75) is 6.92 Å². The van der Waals surface area contributed by atoms with Crippen LogP contribution in [0.15, 0.2) is 36.5 Å². The van der Waals surface area contributed by atoms with E-state index in [0.717, 1.165) is 11.3 Å². The molecule has 2 aromatic heterocycles. The predicted molar refractivity (Wildman–Crippen MR) is 82.6 cm³/mol. The Morgan fingerprint density at radius 2 is 2.04 bits per heavy atom. The average molecular weight is 321 g/mol. The molecule has 0 aliphatic rings. The number of rotatable bonds is 3. The molecule has 8 heteroatoms. The SMILES string of the molecule is Cc1cc(C#Cc2cccc(Oc3nn[nH]c3C(=O)O)c2)cnn1. The number of hydrogen-bond acceptors (Lipinski definition) is 6. The molecule has 0 saturated carbocycles. The van der Waals surface area contributed by atoms with Gasteiger partial charge in [-0.2, -0.15) is 10.2 Å². The van der Waals surface area contributed by atoms with E-state index in [1.54, 1.807) is 24.4 Å². The second-order valence-corrected chi connectivity index (χ2v) is 4.76. The van der Waals surface area contributed by atoms with Gasteiger partial charge in [-0.05, 0) is 31.2 Å². The van der Waals surface area contributed by atoms with E-state index in [1.165, 1.54) is 0 Å². The fraction of sp³-hybridized carbons (Fsp3) is 0.0625. The number of aromatic nitrogens is 5. The molecule has 0 aliphatic heterocycles. The van der Waals surface area contributed by atoms with Crippen LogP contribution in [0, 0.1) is 18.8 Å². The second-order valence-electron chi connectivity index (χ2n) is 4.76. The van der Waals surface area contributed by atoms with Gasteiger partial charge in [-0.15, -0.1) is 0 Å². The van der Waals surface area contributed by atoms with E-state index in [0.29, 0.717) is 11.3 Å². The minimum absolute atomic E-state index is 0.110. The van der Waals surface area contributed by atoms with Crippen molar-refractivity contribution in [3.05, 3.63) is 59.0 Å². The zero-order chi connectivity index (χ0) is 16.9. The number of carboxylic acid groups (broad SMARTS) is 1. The number of nitrogens with zero attached hydrogens (tertiary/aromatic N) is 4. The van der Waals surface area contributed by atoms with Crippen molar-refractivity contribution in [1.29, 1.82) is 0 Å². The molecule has 2 N–H and O–H groups in total. The first-order valence-corrected chi connectivity index (χ1v) is 6.85. The number of aryl methyl sites for hydroxylation is 1. The molecule has 0 amide bonds. The molecule has 0 spiro atoms. The molecular weight excluding hydrogens is 310 g/mol. The molecule has 0 fully saturated rings. The van der Waals surface area contributed by atoms with Crippen molar-refractivity contribution in [3.8, 4) is 23.5 Å². The molecule has 0 unspecified atom stereocenters. The molecule has 0 atom stereocenters. The number of nitrogens with one attached hydrogen (secondary N) is 1. The minimum atomic E-state index is -1.20. The van der Waals surface area contributed by atoms with E-state index >= 15 is 0 Å². The molecule has 0 radical (unpaired) electrons. The van der Waals surface area contributed by atoms with Crippen LogP contribution < -0.4 is 4.74 Å². The maximum atomic E-state index is 11.0. The van der Waals surface area contributed by atoms with E-state index in [4.69, 9.17) is 9.84 Å². The van der Waals surface area contributed by atoms with Crippen LogP contribution in [0.25, 0.3) is 0 Å². The summed E-state index contributed by atoms with van der Waals surface area (Å²) in [5.74, 6) is 5.06. The van der Waals surface area contributed by atoms with Crippen molar-refractivity contribution in [1.82, 2.24) is 25.6 Å². The predicted octanol–water partition coefficient (Wildman–Crippen LogP) is 1.79.